The number of nitrogens with zero attached hydrogens (tertiary/aromatic N) is 4. The van der Waals surface area contributed by atoms with Crippen LogP contribution in [0.1, 0.15) is 37.3 Å². The molecule has 24 heavy (non-hydrogen) atoms. The number of aromatic nitrogens is 2. The van der Waals surface area contributed by atoms with Crippen LogP contribution in [0.25, 0.3) is 0 Å². The largest absolute Gasteiger partial charge is 0.381 e. The topological polar surface area (TPSA) is 33.5 Å². The summed E-state index contributed by atoms with van der Waals surface area (Å²) in [4.78, 5) is 2.67. The summed E-state index contributed by atoms with van der Waals surface area (Å²) in [6, 6.07) is 2.31. The van der Waals surface area contributed by atoms with E-state index in [9.17, 15) is 0 Å². The zero-order chi connectivity index (χ0) is 16.1. The van der Waals surface area contributed by atoms with Crippen LogP contribution in [0.4, 0.5) is 0 Å². The van der Waals surface area contributed by atoms with Gasteiger partial charge in [-0.05, 0) is 49.6 Å². The predicted molar refractivity (Wildman–Crippen MR) is 95.0 cm³/mol. The molecule has 3 saturated heterocycles. The standard InChI is InChI=1S/C18H28N4OS/c1-20-17(8-16(19-20)15-2-3-15)24-22-12-18(13-22)10-21(11-18)9-14-4-6-23-7-5-14/h8,14-15H,2-7,9-13H2,1H3. The van der Waals surface area contributed by atoms with Crippen LogP contribution in [0.15, 0.2) is 11.1 Å². The number of hydrogen-bond donors (Lipinski definition) is 0. The zero-order valence-corrected chi connectivity index (χ0v) is 15.4. The third-order valence-corrected chi connectivity index (χ3v) is 7.16. The summed E-state index contributed by atoms with van der Waals surface area (Å²) < 4.78 is 10.1. The molecule has 0 amide bonds. The van der Waals surface area contributed by atoms with Crippen molar-refractivity contribution in [2.75, 3.05) is 45.9 Å². The van der Waals surface area contributed by atoms with Crippen LogP contribution in [-0.4, -0.2) is 64.9 Å². The minimum absolute atomic E-state index is 0.593. The SMILES string of the molecule is Cn1nc(C2CC2)cc1SN1CC2(CN(CC3CCOCC3)C2)C1. The smallest absolute Gasteiger partial charge is 0.109 e. The number of ether oxygens (including phenoxy) is 1. The molecule has 5 nitrogen and oxygen atoms in total. The average molecular weight is 349 g/mol. The second-order valence-electron chi connectivity index (χ2n) is 8.42. The normalized spacial score (nSPS) is 28.0. The number of aryl methyl sites for hydroxylation is 1. The zero-order valence-electron chi connectivity index (χ0n) is 14.6. The third kappa shape index (κ3) is 3.02. The van der Waals surface area contributed by atoms with Gasteiger partial charge in [0.05, 0.1) is 5.69 Å². The van der Waals surface area contributed by atoms with Crippen molar-refractivity contribution in [3.05, 3.63) is 11.8 Å². The van der Waals surface area contributed by atoms with Crippen LogP contribution in [0, 0.1) is 11.3 Å². The Bertz CT molecular complexity index is 594. The van der Waals surface area contributed by atoms with Gasteiger partial charge >= 0.3 is 0 Å². The molecule has 0 bridgehead atoms. The van der Waals surface area contributed by atoms with Crippen LogP contribution in [0.2, 0.25) is 0 Å². The average Bonchev–Trinajstić information content (AvgIpc) is 3.29. The summed E-state index contributed by atoms with van der Waals surface area (Å²) in [6.07, 6.45) is 5.18. The van der Waals surface area contributed by atoms with Gasteiger partial charge in [-0.15, -0.1) is 0 Å². The van der Waals surface area contributed by atoms with Crippen molar-refractivity contribution in [2.24, 2.45) is 18.4 Å². The van der Waals surface area contributed by atoms with Crippen LogP contribution in [-0.2, 0) is 11.8 Å². The van der Waals surface area contributed by atoms with E-state index < -0.39 is 0 Å². The minimum atomic E-state index is 0.593. The number of rotatable bonds is 5. The van der Waals surface area contributed by atoms with Gasteiger partial charge in [-0.1, -0.05) is 0 Å². The summed E-state index contributed by atoms with van der Waals surface area (Å²) in [5.74, 6) is 1.62. The van der Waals surface area contributed by atoms with Gasteiger partial charge in [-0.2, -0.15) is 5.10 Å². The first-order chi connectivity index (χ1) is 11.7. The van der Waals surface area contributed by atoms with Crippen LogP contribution in [0.5, 0.6) is 0 Å². The third-order valence-electron chi connectivity index (χ3n) is 6.07. The molecule has 4 heterocycles. The van der Waals surface area contributed by atoms with Gasteiger partial charge in [0.1, 0.15) is 5.03 Å². The fourth-order valence-electron chi connectivity index (χ4n) is 4.56. The molecule has 6 heteroatoms. The van der Waals surface area contributed by atoms with E-state index in [-0.39, 0.29) is 0 Å². The maximum absolute atomic E-state index is 5.47. The fourth-order valence-corrected chi connectivity index (χ4v) is 5.83. The van der Waals surface area contributed by atoms with Gasteiger partial charge in [-0.25, -0.2) is 4.31 Å². The van der Waals surface area contributed by atoms with Crippen LogP contribution in [0.3, 0.4) is 0 Å². The van der Waals surface area contributed by atoms with Gasteiger partial charge in [0.15, 0.2) is 0 Å². The molecule has 0 N–H and O–H groups in total. The Hall–Kier alpha value is -0.560. The Labute approximate surface area is 148 Å². The monoisotopic (exact) mass is 348 g/mol. The first kappa shape index (κ1) is 15.7. The fraction of sp³-hybridized carbons (Fsp3) is 0.833. The van der Waals surface area contributed by atoms with E-state index in [2.05, 4.69) is 32.1 Å². The van der Waals surface area contributed by atoms with E-state index >= 15 is 0 Å². The highest BCUT2D eigenvalue weighted by atomic mass is 32.2. The van der Waals surface area contributed by atoms with Gasteiger partial charge in [0.25, 0.3) is 0 Å². The summed E-state index contributed by atoms with van der Waals surface area (Å²) in [5.41, 5.74) is 1.90. The Balaban J connectivity index is 1.08. The molecular weight excluding hydrogens is 320 g/mol. The van der Waals surface area contributed by atoms with Gasteiger partial charge in [0, 0.05) is 64.3 Å². The lowest BCUT2D eigenvalue weighted by Gasteiger charge is -2.60. The van der Waals surface area contributed by atoms with E-state index in [0.29, 0.717) is 5.41 Å². The van der Waals surface area contributed by atoms with Crippen molar-refractivity contribution in [3.63, 3.8) is 0 Å². The molecule has 0 unspecified atom stereocenters. The lowest BCUT2D eigenvalue weighted by molar-refractivity contribution is -0.0881. The maximum Gasteiger partial charge on any atom is 0.109 e. The Kier molecular flexibility index (Phi) is 3.92. The molecule has 1 aliphatic carbocycles. The molecular formula is C18H28N4OS. The van der Waals surface area contributed by atoms with E-state index in [1.165, 1.54) is 69.1 Å². The number of hydrogen-bond acceptors (Lipinski definition) is 5. The van der Waals surface area contributed by atoms with Crippen molar-refractivity contribution in [2.45, 2.75) is 36.6 Å². The molecule has 132 valence electrons. The van der Waals surface area contributed by atoms with Crippen LogP contribution >= 0.6 is 11.9 Å². The molecule has 0 radical (unpaired) electrons. The first-order valence-corrected chi connectivity index (χ1v) is 10.2. The molecule has 0 aromatic carbocycles. The highest BCUT2D eigenvalue weighted by Crippen LogP contribution is 2.46. The second-order valence-corrected chi connectivity index (χ2v) is 9.54. The summed E-state index contributed by atoms with van der Waals surface area (Å²) in [5, 5.41) is 5.99. The predicted octanol–water partition coefficient (Wildman–Crippen LogP) is 2.35. The van der Waals surface area contributed by atoms with Crippen molar-refractivity contribution < 1.29 is 4.74 Å². The number of likely N-dealkylation sites (tertiary alicyclic amines) is 1. The van der Waals surface area contributed by atoms with Gasteiger partial charge in [-0.3, -0.25) is 4.68 Å². The first-order valence-electron chi connectivity index (χ1n) is 9.46. The molecule has 1 aromatic rings. The summed E-state index contributed by atoms with van der Waals surface area (Å²) >= 11 is 1.91. The van der Waals surface area contributed by atoms with Crippen molar-refractivity contribution >= 4 is 11.9 Å². The van der Waals surface area contributed by atoms with Crippen molar-refractivity contribution in [1.29, 1.82) is 0 Å². The lowest BCUT2D eigenvalue weighted by Crippen LogP contribution is -2.70. The Morgan fingerprint density at radius 1 is 1.17 bits per heavy atom. The molecule has 1 aromatic heterocycles. The molecule has 4 fully saturated rings. The van der Waals surface area contributed by atoms with Crippen LogP contribution < -0.4 is 0 Å². The summed E-state index contributed by atoms with van der Waals surface area (Å²) in [7, 11) is 2.09. The van der Waals surface area contributed by atoms with E-state index in [0.717, 1.165) is 25.0 Å². The molecule has 5 rings (SSSR count). The quantitative estimate of drug-likeness (QED) is 0.763. The molecule has 1 spiro atoms. The Morgan fingerprint density at radius 2 is 1.92 bits per heavy atom. The molecule has 0 atom stereocenters. The molecule has 4 aliphatic rings. The summed E-state index contributed by atoms with van der Waals surface area (Å²) in [6.45, 7) is 8.34. The molecule has 3 aliphatic heterocycles. The second kappa shape index (κ2) is 6.01. The van der Waals surface area contributed by atoms with Crippen molar-refractivity contribution in [3.8, 4) is 0 Å². The maximum atomic E-state index is 5.47. The van der Waals surface area contributed by atoms with Gasteiger partial charge in [0.2, 0.25) is 0 Å². The lowest BCUT2D eigenvalue weighted by atomic mass is 9.74. The molecule has 1 saturated carbocycles. The highest BCUT2D eigenvalue weighted by molar-refractivity contribution is 7.97. The van der Waals surface area contributed by atoms with E-state index in [4.69, 9.17) is 4.74 Å². The van der Waals surface area contributed by atoms with Gasteiger partial charge < -0.3 is 9.64 Å². The van der Waals surface area contributed by atoms with E-state index in [1.54, 1.807) is 0 Å². The Morgan fingerprint density at radius 3 is 2.62 bits per heavy atom. The highest BCUT2D eigenvalue weighted by Gasteiger charge is 2.52. The van der Waals surface area contributed by atoms with Crippen molar-refractivity contribution in [1.82, 2.24) is 19.0 Å². The minimum Gasteiger partial charge on any atom is -0.381 e. The van der Waals surface area contributed by atoms with E-state index in [1.807, 2.05) is 11.9 Å².